The van der Waals surface area contributed by atoms with E-state index >= 15 is 0 Å². The Balaban J connectivity index is 1.66. The predicted octanol–water partition coefficient (Wildman–Crippen LogP) is 2.56. The molecule has 1 aromatic carbocycles. The van der Waals surface area contributed by atoms with Gasteiger partial charge in [0.1, 0.15) is 0 Å². The van der Waals surface area contributed by atoms with Gasteiger partial charge in [-0.05, 0) is 36.3 Å². The van der Waals surface area contributed by atoms with E-state index in [-0.39, 0.29) is 5.54 Å². The molecular formula is C16H24N2S. The molecule has 3 rings (SSSR count). The van der Waals surface area contributed by atoms with E-state index in [9.17, 15) is 0 Å². The highest BCUT2D eigenvalue weighted by Gasteiger charge is 2.33. The summed E-state index contributed by atoms with van der Waals surface area (Å²) in [6, 6.07) is 10.9. The maximum absolute atomic E-state index is 3.72. The Kier molecular flexibility index (Phi) is 4.15. The molecule has 2 heterocycles. The molecule has 1 aromatic rings. The number of benzene rings is 1. The van der Waals surface area contributed by atoms with Crippen LogP contribution >= 0.6 is 11.8 Å². The predicted molar refractivity (Wildman–Crippen MR) is 83.7 cm³/mol. The smallest absolute Gasteiger partial charge is 0.0535 e. The standard InChI is InChI=1S/C16H24N2S/c1-16(15-5-3-2-4-6-15)13-18(9-8-17-16)11-14-7-10-19-12-14/h2-6,14,17H,7-13H2,1H3. The maximum atomic E-state index is 3.72. The van der Waals surface area contributed by atoms with Crippen molar-refractivity contribution in [2.75, 3.05) is 37.7 Å². The van der Waals surface area contributed by atoms with Gasteiger partial charge in [0.25, 0.3) is 0 Å². The van der Waals surface area contributed by atoms with Crippen LogP contribution in [0.5, 0.6) is 0 Å². The molecule has 0 bridgehead atoms. The number of nitrogens with zero attached hydrogens (tertiary/aromatic N) is 1. The van der Waals surface area contributed by atoms with Gasteiger partial charge >= 0.3 is 0 Å². The van der Waals surface area contributed by atoms with E-state index in [0.29, 0.717) is 0 Å². The van der Waals surface area contributed by atoms with Gasteiger partial charge in [0.2, 0.25) is 0 Å². The van der Waals surface area contributed by atoms with Crippen LogP contribution in [0, 0.1) is 5.92 Å². The minimum absolute atomic E-state index is 0.116. The lowest BCUT2D eigenvalue weighted by Crippen LogP contribution is -2.57. The van der Waals surface area contributed by atoms with Gasteiger partial charge in [-0.2, -0.15) is 11.8 Å². The molecule has 0 aromatic heterocycles. The van der Waals surface area contributed by atoms with Crippen molar-refractivity contribution in [1.29, 1.82) is 0 Å². The number of hydrogen-bond acceptors (Lipinski definition) is 3. The molecule has 19 heavy (non-hydrogen) atoms. The molecule has 2 atom stereocenters. The fourth-order valence-corrected chi connectivity index (χ4v) is 4.59. The summed E-state index contributed by atoms with van der Waals surface area (Å²) in [6.45, 7) is 7.07. The van der Waals surface area contributed by atoms with Crippen LogP contribution < -0.4 is 5.32 Å². The van der Waals surface area contributed by atoms with E-state index in [0.717, 1.165) is 19.0 Å². The van der Waals surface area contributed by atoms with Crippen LogP contribution in [-0.2, 0) is 5.54 Å². The lowest BCUT2D eigenvalue weighted by atomic mass is 9.89. The molecule has 3 heteroatoms. The average molecular weight is 276 g/mol. The first-order chi connectivity index (χ1) is 9.26. The summed E-state index contributed by atoms with van der Waals surface area (Å²) in [6.07, 6.45) is 1.41. The number of piperazine rings is 1. The molecule has 0 spiro atoms. The van der Waals surface area contributed by atoms with Crippen LogP contribution in [0.15, 0.2) is 30.3 Å². The third kappa shape index (κ3) is 3.15. The minimum atomic E-state index is 0.116. The van der Waals surface area contributed by atoms with Crippen LogP contribution in [0.4, 0.5) is 0 Å². The first-order valence-corrected chi connectivity index (χ1v) is 8.52. The first kappa shape index (κ1) is 13.5. The van der Waals surface area contributed by atoms with Crippen molar-refractivity contribution in [1.82, 2.24) is 10.2 Å². The first-order valence-electron chi connectivity index (χ1n) is 7.37. The second-order valence-corrected chi connectivity index (χ2v) is 7.24. The van der Waals surface area contributed by atoms with Crippen LogP contribution in [0.3, 0.4) is 0 Å². The van der Waals surface area contributed by atoms with E-state index < -0.39 is 0 Å². The van der Waals surface area contributed by atoms with E-state index in [1.165, 1.54) is 36.6 Å². The van der Waals surface area contributed by atoms with Gasteiger partial charge in [0.05, 0.1) is 5.54 Å². The quantitative estimate of drug-likeness (QED) is 0.913. The van der Waals surface area contributed by atoms with Crippen LogP contribution in [0.1, 0.15) is 18.9 Å². The van der Waals surface area contributed by atoms with E-state index in [2.05, 4.69) is 59.2 Å². The highest BCUT2D eigenvalue weighted by atomic mass is 32.2. The third-order valence-electron chi connectivity index (χ3n) is 4.43. The van der Waals surface area contributed by atoms with E-state index in [1.807, 2.05) is 0 Å². The number of nitrogens with one attached hydrogen (secondary N) is 1. The fourth-order valence-electron chi connectivity index (χ4n) is 3.32. The second kappa shape index (κ2) is 5.86. The maximum Gasteiger partial charge on any atom is 0.0535 e. The Morgan fingerprint density at radius 1 is 1.37 bits per heavy atom. The molecule has 0 radical (unpaired) electrons. The van der Waals surface area contributed by atoms with Crippen molar-refractivity contribution >= 4 is 11.8 Å². The third-order valence-corrected chi connectivity index (χ3v) is 5.67. The Hall–Kier alpha value is -0.510. The summed E-state index contributed by atoms with van der Waals surface area (Å²) in [7, 11) is 0. The summed E-state index contributed by atoms with van der Waals surface area (Å²) in [4.78, 5) is 2.67. The Labute approximate surface area is 121 Å². The van der Waals surface area contributed by atoms with Crippen molar-refractivity contribution < 1.29 is 0 Å². The summed E-state index contributed by atoms with van der Waals surface area (Å²) < 4.78 is 0. The SMILES string of the molecule is CC1(c2ccccc2)CN(CC2CCSC2)CCN1. The molecular weight excluding hydrogens is 252 g/mol. The van der Waals surface area contributed by atoms with Crippen molar-refractivity contribution in [3.8, 4) is 0 Å². The lowest BCUT2D eigenvalue weighted by molar-refractivity contribution is 0.128. The van der Waals surface area contributed by atoms with Gasteiger partial charge < -0.3 is 5.32 Å². The van der Waals surface area contributed by atoms with Gasteiger partial charge in [-0.25, -0.2) is 0 Å². The largest absolute Gasteiger partial charge is 0.305 e. The fraction of sp³-hybridized carbons (Fsp3) is 0.625. The monoisotopic (exact) mass is 276 g/mol. The molecule has 2 fully saturated rings. The summed E-state index contributed by atoms with van der Waals surface area (Å²) in [5.41, 5.74) is 1.53. The highest BCUT2D eigenvalue weighted by molar-refractivity contribution is 7.99. The lowest BCUT2D eigenvalue weighted by Gasteiger charge is -2.42. The van der Waals surface area contributed by atoms with Crippen molar-refractivity contribution in [3.63, 3.8) is 0 Å². The van der Waals surface area contributed by atoms with Crippen LogP contribution in [-0.4, -0.2) is 42.6 Å². The minimum Gasteiger partial charge on any atom is -0.305 e. The Morgan fingerprint density at radius 3 is 2.95 bits per heavy atom. The second-order valence-electron chi connectivity index (χ2n) is 6.09. The topological polar surface area (TPSA) is 15.3 Å². The van der Waals surface area contributed by atoms with Gasteiger partial charge in [-0.15, -0.1) is 0 Å². The molecule has 1 N–H and O–H groups in total. The number of rotatable bonds is 3. The zero-order valence-electron chi connectivity index (χ0n) is 11.8. The van der Waals surface area contributed by atoms with Crippen LogP contribution in [0.2, 0.25) is 0 Å². The molecule has 2 nitrogen and oxygen atoms in total. The Bertz CT molecular complexity index is 402. The molecule has 2 unspecified atom stereocenters. The van der Waals surface area contributed by atoms with Crippen molar-refractivity contribution in [2.45, 2.75) is 18.9 Å². The molecule has 2 aliphatic rings. The average Bonchev–Trinajstić information content (AvgIpc) is 2.93. The van der Waals surface area contributed by atoms with Gasteiger partial charge in [0, 0.05) is 26.2 Å². The summed E-state index contributed by atoms with van der Waals surface area (Å²) >= 11 is 2.12. The van der Waals surface area contributed by atoms with Crippen molar-refractivity contribution in [2.24, 2.45) is 5.92 Å². The molecule has 0 saturated carbocycles. The van der Waals surface area contributed by atoms with E-state index in [1.54, 1.807) is 0 Å². The Morgan fingerprint density at radius 2 is 2.21 bits per heavy atom. The number of thioether (sulfide) groups is 1. The molecule has 2 aliphatic heterocycles. The molecule has 0 amide bonds. The highest BCUT2D eigenvalue weighted by Crippen LogP contribution is 2.28. The van der Waals surface area contributed by atoms with E-state index in [4.69, 9.17) is 0 Å². The zero-order valence-corrected chi connectivity index (χ0v) is 12.6. The summed E-state index contributed by atoms with van der Waals surface area (Å²) in [5, 5.41) is 3.72. The summed E-state index contributed by atoms with van der Waals surface area (Å²) in [5.74, 6) is 3.65. The van der Waals surface area contributed by atoms with Gasteiger partial charge in [-0.3, -0.25) is 4.90 Å². The molecule has 0 aliphatic carbocycles. The molecule has 2 saturated heterocycles. The van der Waals surface area contributed by atoms with Gasteiger partial charge in [-0.1, -0.05) is 30.3 Å². The zero-order chi connectivity index (χ0) is 13.1. The number of hydrogen-bond donors (Lipinski definition) is 1. The van der Waals surface area contributed by atoms with Crippen molar-refractivity contribution in [3.05, 3.63) is 35.9 Å². The normalized spacial score (nSPS) is 32.6. The van der Waals surface area contributed by atoms with Crippen LogP contribution in [0.25, 0.3) is 0 Å². The molecule has 104 valence electrons. The van der Waals surface area contributed by atoms with Gasteiger partial charge in [0.15, 0.2) is 0 Å².